The Morgan fingerprint density at radius 2 is 1.76 bits per heavy atom. The Balaban J connectivity index is 1.80. The molecule has 2 heterocycles. The second-order valence-corrected chi connectivity index (χ2v) is 6.25. The Morgan fingerprint density at radius 3 is 2.52 bits per heavy atom. The third-order valence-corrected chi connectivity index (χ3v) is 4.43. The monoisotopic (exact) mass is 339 g/mol. The summed E-state index contributed by atoms with van der Waals surface area (Å²) in [6.45, 7) is 5.65. The summed E-state index contributed by atoms with van der Waals surface area (Å²) in [5, 5.41) is 3.80. The molecule has 0 saturated carbocycles. The Hall–Kier alpha value is -2.89. The lowest BCUT2D eigenvalue weighted by molar-refractivity contribution is 0.0433. The minimum absolute atomic E-state index is 0.0363. The highest BCUT2D eigenvalue weighted by Gasteiger charge is 2.25. The predicted molar refractivity (Wildman–Crippen MR) is 94.1 cm³/mol. The van der Waals surface area contributed by atoms with E-state index in [9.17, 15) is 4.39 Å². The molecule has 4 rings (SSSR count). The number of nitrogens with zero attached hydrogens (tertiary/aromatic N) is 2. The number of ether oxygens (including phenoxy) is 2. The molecule has 0 spiro atoms. The van der Waals surface area contributed by atoms with Crippen molar-refractivity contribution in [2.75, 3.05) is 5.32 Å². The van der Waals surface area contributed by atoms with Gasteiger partial charge in [-0.25, -0.2) is 14.4 Å². The number of benzene rings is 2. The molecule has 0 amide bonds. The van der Waals surface area contributed by atoms with Crippen molar-refractivity contribution in [1.29, 1.82) is 0 Å². The van der Waals surface area contributed by atoms with Crippen LogP contribution in [-0.2, 0) is 0 Å². The number of hydrogen-bond donors (Lipinski definition) is 1. The highest BCUT2D eigenvalue weighted by atomic mass is 19.1. The van der Waals surface area contributed by atoms with Crippen molar-refractivity contribution in [3.63, 3.8) is 0 Å². The summed E-state index contributed by atoms with van der Waals surface area (Å²) >= 11 is 0. The number of rotatable bonds is 2. The van der Waals surface area contributed by atoms with Crippen molar-refractivity contribution in [1.82, 2.24) is 9.97 Å². The van der Waals surface area contributed by atoms with Crippen molar-refractivity contribution in [2.24, 2.45) is 0 Å². The Labute approximate surface area is 144 Å². The van der Waals surface area contributed by atoms with Crippen LogP contribution in [0.15, 0.2) is 36.7 Å². The molecule has 0 unspecified atom stereocenters. The molecule has 0 bridgehead atoms. The quantitative estimate of drug-likeness (QED) is 0.751. The third kappa shape index (κ3) is 2.73. The van der Waals surface area contributed by atoms with Gasteiger partial charge < -0.3 is 14.8 Å². The van der Waals surface area contributed by atoms with Crippen LogP contribution < -0.4 is 14.8 Å². The van der Waals surface area contributed by atoms with Crippen LogP contribution in [0.5, 0.6) is 11.5 Å². The van der Waals surface area contributed by atoms with Crippen LogP contribution >= 0.6 is 0 Å². The molecule has 0 saturated heterocycles. The van der Waals surface area contributed by atoms with Crippen LogP contribution in [0.2, 0.25) is 0 Å². The third-order valence-electron chi connectivity index (χ3n) is 4.43. The van der Waals surface area contributed by atoms with Gasteiger partial charge in [-0.05, 0) is 38.5 Å². The maximum Gasteiger partial charge on any atom is 0.164 e. The van der Waals surface area contributed by atoms with Crippen LogP contribution in [-0.4, -0.2) is 22.2 Å². The number of aromatic nitrogens is 2. The minimum atomic E-state index is -0.297. The Bertz CT molecular complexity index is 961. The largest absolute Gasteiger partial charge is 0.483 e. The first kappa shape index (κ1) is 15.6. The van der Waals surface area contributed by atoms with Gasteiger partial charge in [-0.2, -0.15) is 0 Å². The van der Waals surface area contributed by atoms with E-state index in [1.165, 1.54) is 6.33 Å². The number of nitrogens with one attached hydrogen (secondary N) is 1. The van der Waals surface area contributed by atoms with E-state index in [0.717, 1.165) is 5.39 Å². The summed E-state index contributed by atoms with van der Waals surface area (Å²) < 4.78 is 26.1. The molecule has 6 heteroatoms. The van der Waals surface area contributed by atoms with E-state index in [1.807, 2.05) is 26.0 Å². The maximum atomic E-state index is 14.3. The first-order valence-electron chi connectivity index (χ1n) is 8.17. The fraction of sp³-hybridized carbons (Fsp3) is 0.263. The highest BCUT2D eigenvalue weighted by molar-refractivity contribution is 5.93. The van der Waals surface area contributed by atoms with Crippen LogP contribution in [0.4, 0.5) is 15.9 Å². The van der Waals surface area contributed by atoms with Gasteiger partial charge in [0.15, 0.2) is 11.5 Å². The van der Waals surface area contributed by atoms with Gasteiger partial charge in [0, 0.05) is 11.5 Å². The van der Waals surface area contributed by atoms with Gasteiger partial charge in [0.05, 0.1) is 11.2 Å². The number of fused-ring (bicyclic) bond motifs is 2. The van der Waals surface area contributed by atoms with Crippen LogP contribution in [0.1, 0.15) is 19.4 Å². The van der Waals surface area contributed by atoms with Crippen molar-refractivity contribution in [2.45, 2.75) is 33.0 Å². The average molecular weight is 339 g/mol. The lowest BCUT2D eigenvalue weighted by Crippen LogP contribution is -2.34. The molecule has 25 heavy (non-hydrogen) atoms. The lowest BCUT2D eigenvalue weighted by Gasteiger charge is -2.30. The summed E-state index contributed by atoms with van der Waals surface area (Å²) in [5.74, 6) is 1.52. The molecule has 1 aliphatic rings. The molecule has 2 aromatic carbocycles. The number of hydrogen-bond acceptors (Lipinski definition) is 5. The molecule has 5 nitrogen and oxygen atoms in total. The molecule has 0 aliphatic carbocycles. The van der Waals surface area contributed by atoms with E-state index in [4.69, 9.17) is 9.47 Å². The molecule has 128 valence electrons. The van der Waals surface area contributed by atoms with Crippen molar-refractivity contribution in [3.05, 3.63) is 48.0 Å². The van der Waals surface area contributed by atoms with E-state index in [2.05, 4.69) is 15.3 Å². The summed E-state index contributed by atoms with van der Waals surface area (Å²) in [7, 11) is 0. The fourth-order valence-electron chi connectivity index (χ4n) is 2.81. The van der Waals surface area contributed by atoms with Gasteiger partial charge in [0.2, 0.25) is 0 Å². The molecule has 1 N–H and O–H groups in total. The summed E-state index contributed by atoms with van der Waals surface area (Å²) in [4.78, 5) is 8.57. The van der Waals surface area contributed by atoms with Crippen molar-refractivity contribution < 1.29 is 13.9 Å². The summed E-state index contributed by atoms with van der Waals surface area (Å²) in [6.07, 6.45) is 1.35. The van der Waals surface area contributed by atoms with Crippen molar-refractivity contribution >= 4 is 22.4 Å². The highest BCUT2D eigenvalue weighted by Crippen LogP contribution is 2.39. The van der Waals surface area contributed by atoms with E-state index >= 15 is 0 Å². The Kier molecular flexibility index (Phi) is 3.67. The summed E-state index contributed by atoms with van der Waals surface area (Å²) in [6, 6.07) is 8.86. The zero-order valence-corrected chi connectivity index (χ0v) is 14.2. The standard InChI is InChI=1S/C19H18FN3O2/c1-10-5-4-6-14(18(10)20)23-19-13-7-16-17(8-15(13)21-9-22-19)25-12(3)11(2)24-16/h4-9,11-12H,1-3H3,(H,21,22,23)/t11-,12+/m0/s1. The van der Waals surface area contributed by atoms with Crippen LogP contribution in [0, 0.1) is 12.7 Å². The molecule has 0 fully saturated rings. The van der Waals surface area contributed by atoms with Gasteiger partial charge >= 0.3 is 0 Å². The molecule has 0 radical (unpaired) electrons. The zero-order valence-electron chi connectivity index (χ0n) is 14.2. The van der Waals surface area contributed by atoms with E-state index < -0.39 is 0 Å². The Morgan fingerprint density at radius 1 is 1.04 bits per heavy atom. The summed E-state index contributed by atoms with van der Waals surface area (Å²) in [5.41, 5.74) is 1.65. The molecule has 2 atom stereocenters. The molecule has 1 aromatic heterocycles. The molecular weight excluding hydrogens is 321 g/mol. The van der Waals surface area contributed by atoms with Gasteiger partial charge in [-0.15, -0.1) is 0 Å². The normalized spacial score (nSPS) is 19.0. The van der Waals surface area contributed by atoms with E-state index in [1.54, 1.807) is 25.1 Å². The minimum Gasteiger partial charge on any atom is -0.483 e. The molecule has 1 aliphatic heterocycles. The van der Waals surface area contributed by atoms with Crippen LogP contribution in [0.25, 0.3) is 10.9 Å². The van der Waals surface area contributed by atoms with Gasteiger partial charge in [0.1, 0.15) is 30.2 Å². The number of aryl methyl sites for hydroxylation is 1. The maximum absolute atomic E-state index is 14.3. The molecule has 3 aromatic rings. The van der Waals surface area contributed by atoms with E-state index in [0.29, 0.717) is 34.1 Å². The van der Waals surface area contributed by atoms with E-state index in [-0.39, 0.29) is 18.0 Å². The van der Waals surface area contributed by atoms with Gasteiger partial charge in [0.25, 0.3) is 0 Å². The predicted octanol–water partition coefficient (Wildman–Crippen LogP) is 4.37. The average Bonchev–Trinajstić information content (AvgIpc) is 2.59. The molecular formula is C19H18FN3O2. The zero-order chi connectivity index (χ0) is 17.6. The fourth-order valence-corrected chi connectivity index (χ4v) is 2.81. The topological polar surface area (TPSA) is 56.3 Å². The van der Waals surface area contributed by atoms with Gasteiger partial charge in [-0.1, -0.05) is 12.1 Å². The first-order chi connectivity index (χ1) is 12.0. The first-order valence-corrected chi connectivity index (χ1v) is 8.17. The lowest BCUT2D eigenvalue weighted by atomic mass is 10.1. The second kappa shape index (κ2) is 5.88. The number of anilines is 2. The van der Waals surface area contributed by atoms with Gasteiger partial charge in [-0.3, -0.25) is 0 Å². The van der Waals surface area contributed by atoms with Crippen molar-refractivity contribution in [3.8, 4) is 11.5 Å². The SMILES string of the molecule is Cc1cccc(Nc2ncnc3cc4c(cc23)O[C@@H](C)[C@@H](C)O4)c1F. The smallest absolute Gasteiger partial charge is 0.164 e. The second-order valence-electron chi connectivity index (χ2n) is 6.25. The number of halogens is 1. The van der Waals surface area contributed by atoms with Crippen LogP contribution in [0.3, 0.4) is 0 Å².